The third-order valence-corrected chi connectivity index (χ3v) is 5.88. The fourth-order valence-electron chi connectivity index (χ4n) is 4.13. The number of nitrogens with zero attached hydrogens (tertiary/aromatic N) is 2. The number of alkyl halides is 4. The number of rotatable bonds is 10. The van der Waals surface area contributed by atoms with Crippen molar-refractivity contribution in [2.75, 3.05) is 6.54 Å². The molecule has 0 N–H and O–H groups in total. The van der Waals surface area contributed by atoms with E-state index in [-0.39, 0.29) is 24.2 Å². The molecule has 178 valence electrons. The zero-order valence-electron chi connectivity index (χ0n) is 18.0. The van der Waals surface area contributed by atoms with Crippen molar-refractivity contribution in [1.82, 2.24) is 4.90 Å². The predicted molar refractivity (Wildman–Crippen MR) is 110 cm³/mol. The molecule has 0 saturated heterocycles. The van der Waals surface area contributed by atoms with E-state index < -0.39 is 54.6 Å². The lowest BCUT2D eigenvalue weighted by Gasteiger charge is -2.49. The Hall–Kier alpha value is -2.73. The fourth-order valence-corrected chi connectivity index (χ4v) is 4.13. The summed E-state index contributed by atoms with van der Waals surface area (Å²) in [6.07, 6.45) is -4.09. The van der Waals surface area contributed by atoms with Crippen LogP contribution in [0.15, 0.2) is 48.5 Å². The van der Waals surface area contributed by atoms with Crippen molar-refractivity contribution >= 4 is 0 Å². The van der Waals surface area contributed by atoms with Gasteiger partial charge in [0.15, 0.2) is 0 Å². The number of ether oxygens (including phenoxy) is 1. The molecule has 0 heterocycles. The van der Waals surface area contributed by atoms with Crippen LogP contribution in [0.25, 0.3) is 0 Å². The van der Waals surface area contributed by atoms with Crippen LogP contribution in [-0.2, 0) is 6.42 Å². The van der Waals surface area contributed by atoms with E-state index >= 15 is 0 Å². The Morgan fingerprint density at radius 2 is 1.55 bits per heavy atom. The normalized spacial score (nSPS) is 16.7. The summed E-state index contributed by atoms with van der Waals surface area (Å²) in [7, 11) is 0. The summed E-state index contributed by atoms with van der Waals surface area (Å²) in [6.45, 7) is 0.301. The van der Waals surface area contributed by atoms with Gasteiger partial charge in [-0.05, 0) is 68.1 Å². The van der Waals surface area contributed by atoms with Gasteiger partial charge >= 0.3 is 6.11 Å². The summed E-state index contributed by atoms with van der Waals surface area (Å²) in [5.41, 5.74) is -1.08. The Morgan fingerprint density at radius 3 is 2.03 bits per heavy atom. The summed E-state index contributed by atoms with van der Waals surface area (Å²) in [4.78, 5) is 1.10. The van der Waals surface area contributed by atoms with E-state index in [0.717, 1.165) is 41.3 Å². The highest BCUT2D eigenvalue weighted by atomic mass is 19.3. The van der Waals surface area contributed by atoms with Gasteiger partial charge in [0.2, 0.25) is 0 Å². The Bertz CT molecular complexity index is 968. The lowest BCUT2D eigenvalue weighted by atomic mass is 9.75. The van der Waals surface area contributed by atoms with E-state index in [1.807, 2.05) is 6.07 Å². The minimum atomic E-state index is -3.81. The first-order valence-corrected chi connectivity index (χ1v) is 10.6. The average molecular weight is 470 g/mol. The Kier molecular flexibility index (Phi) is 7.27. The molecule has 2 aromatic carbocycles. The molecule has 1 saturated carbocycles. The molecule has 3 nitrogen and oxygen atoms in total. The molecule has 1 atom stereocenters. The zero-order chi connectivity index (χ0) is 24.3. The topological polar surface area (TPSA) is 36.3 Å². The molecule has 0 radical (unpaired) electrons. The molecular weight excluding hydrogens is 446 g/mol. The highest BCUT2D eigenvalue weighted by molar-refractivity contribution is 5.23. The summed E-state index contributed by atoms with van der Waals surface area (Å²) in [6, 6.07) is 9.61. The lowest BCUT2D eigenvalue weighted by molar-refractivity contribution is -0.207. The van der Waals surface area contributed by atoms with Gasteiger partial charge in [-0.3, -0.25) is 4.90 Å². The second kappa shape index (κ2) is 9.64. The van der Waals surface area contributed by atoms with E-state index in [2.05, 4.69) is 0 Å². The summed E-state index contributed by atoms with van der Waals surface area (Å²) in [5, 5.41) is 9.69. The van der Waals surface area contributed by atoms with Gasteiger partial charge in [0.1, 0.15) is 29.5 Å². The predicted octanol–water partition coefficient (Wildman–Crippen LogP) is 6.34. The van der Waals surface area contributed by atoms with Gasteiger partial charge in [-0.1, -0.05) is 12.1 Å². The van der Waals surface area contributed by atoms with Gasteiger partial charge in [-0.15, -0.1) is 0 Å². The maximum atomic E-state index is 14.8. The molecule has 33 heavy (non-hydrogen) atoms. The van der Waals surface area contributed by atoms with Gasteiger partial charge in [0.25, 0.3) is 5.92 Å². The quantitative estimate of drug-likeness (QED) is 0.380. The van der Waals surface area contributed by atoms with Crippen molar-refractivity contribution in [2.45, 2.75) is 62.6 Å². The van der Waals surface area contributed by atoms with Crippen molar-refractivity contribution < 1.29 is 31.1 Å². The van der Waals surface area contributed by atoms with Crippen LogP contribution in [0.3, 0.4) is 0 Å². The summed E-state index contributed by atoms with van der Waals surface area (Å²) >= 11 is 0. The second-order valence-electron chi connectivity index (χ2n) is 8.53. The molecular formula is C24H24F6N2O. The van der Waals surface area contributed by atoms with E-state index in [1.54, 1.807) is 0 Å². The van der Waals surface area contributed by atoms with Crippen LogP contribution in [-0.4, -0.2) is 35.1 Å². The summed E-state index contributed by atoms with van der Waals surface area (Å²) in [5.74, 6) is -4.73. The molecule has 3 rings (SSSR count). The van der Waals surface area contributed by atoms with Crippen LogP contribution in [0.4, 0.5) is 26.3 Å². The maximum Gasteiger partial charge on any atom is 0.411 e. The third-order valence-electron chi connectivity index (χ3n) is 5.88. The molecule has 1 aliphatic carbocycles. The van der Waals surface area contributed by atoms with Gasteiger partial charge < -0.3 is 4.74 Å². The molecule has 1 aliphatic rings. The highest BCUT2D eigenvalue weighted by Gasteiger charge is 2.51. The van der Waals surface area contributed by atoms with Crippen molar-refractivity contribution in [1.29, 1.82) is 5.26 Å². The van der Waals surface area contributed by atoms with Crippen LogP contribution in [0, 0.1) is 23.0 Å². The van der Waals surface area contributed by atoms with Gasteiger partial charge in [-0.25, -0.2) is 17.6 Å². The standard InChI is InChI=1S/C24H24F6N2O/c1-17(13-23(27,28)14-18-3-5-19(25)6-4-18)32(22(15-31)11-2-12-22)16-24(29,30)33-21-9-7-20(26)8-10-21/h3-10,17H,2,11-14,16H2,1H3/t17-/m0/s1. The van der Waals surface area contributed by atoms with Crippen LogP contribution in [0.2, 0.25) is 0 Å². The molecule has 9 heteroatoms. The Morgan fingerprint density at radius 1 is 1.00 bits per heavy atom. The van der Waals surface area contributed by atoms with E-state index in [9.17, 15) is 31.6 Å². The third kappa shape index (κ3) is 6.41. The minimum Gasteiger partial charge on any atom is -0.432 e. The highest BCUT2D eigenvalue weighted by Crippen LogP contribution is 2.42. The van der Waals surface area contributed by atoms with Crippen molar-refractivity contribution in [3.05, 3.63) is 65.7 Å². The van der Waals surface area contributed by atoms with Crippen molar-refractivity contribution in [3.8, 4) is 11.8 Å². The Balaban J connectivity index is 1.76. The smallest absolute Gasteiger partial charge is 0.411 e. The molecule has 0 aromatic heterocycles. The molecule has 0 bridgehead atoms. The van der Waals surface area contributed by atoms with Gasteiger partial charge in [0.05, 0.1) is 6.07 Å². The van der Waals surface area contributed by atoms with Crippen LogP contribution >= 0.6 is 0 Å². The zero-order valence-corrected chi connectivity index (χ0v) is 18.0. The van der Waals surface area contributed by atoms with Crippen LogP contribution in [0.5, 0.6) is 5.75 Å². The van der Waals surface area contributed by atoms with Crippen LogP contribution in [0.1, 0.15) is 38.2 Å². The average Bonchev–Trinajstić information content (AvgIpc) is 2.69. The van der Waals surface area contributed by atoms with Crippen LogP contribution < -0.4 is 4.74 Å². The Labute approximate surface area is 188 Å². The molecule has 1 fully saturated rings. The van der Waals surface area contributed by atoms with E-state index in [4.69, 9.17) is 4.74 Å². The van der Waals surface area contributed by atoms with Gasteiger partial charge in [-0.2, -0.15) is 14.0 Å². The number of hydrogen-bond acceptors (Lipinski definition) is 3. The first-order chi connectivity index (χ1) is 15.4. The fraction of sp³-hybridized carbons (Fsp3) is 0.458. The largest absolute Gasteiger partial charge is 0.432 e. The molecule has 0 aliphatic heterocycles. The molecule has 2 aromatic rings. The van der Waals surface area contributed by atoms with Crippen molar-refractivity contribution in [2.24, 2.45) is 0 Å². The van der Waals surface area contributed by atoms with E-state index in [1.165, 1.54) is 19.1 Å². The number of halogens is 6. The van der Waals surface area contributed by atoms with Gasteiger partial charge in [0, 0.05) is 18.9 Å². The first-order valence-electron chi connectivity index (χ1n) is 10.6. The van der Waals surface area contributed by atoms with Crippen molar-refractivity contribution in [3.63, 3.8) is 0 Å². The summed E-state index contributed by atoms with van der Waals surface area (Å²) < 4.78 is 90.0. The number of hydrogen-bond donors (Lipinski definition) is 0. The minimum absolute atomic E-state index is 0.212. The number of benzene rings is 2. The second-order valence-corrected chi connectivity index (χ2v) is 8.53. The monoisotopic (exact) mass is 470 g/mol. The van der Waals surface area contributed by atoms with E-state index in [0.29, 0.717) is 6.42 Å². The molecule has 0 amide bonds. The first kappa shape index (κ1) is 24.9. The molecule has 0 spiro atoms. The maximum absolute atomic E-state index is 14.8. The SMILES string of the molecule is C[C@@H](CC(F)(F)Cc1ccc(F)cc1)N(CC(F)(F)Oc1ccc(F)cc1)C1(C#N)CCC1. The lowest BCUT2D eigenvalue weighted by Crippen LogP contribution is -2.60. The number of nitriles is 1. The molecule has 0 unspecified atom stereocenters.